The molecule has 0 saturated heterocycles. The first kappa shape index (κ1) is 11.0. The molecule has 4 nitrogen and oxygen atoms in total. The molecule has 0 saturated carbocycles. The fourth-order valence-corrected chi connectivity index (χ4v) is 1.31. The second kappa shape index (κ2) is 4.43. The standard InChI is InChI=1S/C9H11BrN2O2/c1-12(2)11-9(14)7-5-6(10)3-4-8(7)13/h3-5,13H,1-2H3,(H,11,14). The molecule has 1 aromatic carbocycles. The Morgan fingerprint density at radius 3 is 2.71 bits per heavy atom. The van der Waals surface area contributed by atoms with Crippen LogP contribution in [0.3, 0.4) is 0 Å². The molecule has 0 radical (unpaired) electrons. The first-order valence-corrected chi connectivity index (χ1v) is 4.77. The Labute approximate surface area is 90.6 Å². The number of carbonyl (C=O) groups is 1. The molecule has 0 spiro atoms. The summed E-state index contributed by atoms with van der Waals surface area (Å²) in [6, 6.07) is 4.70. The number of phenols is 1. The lowest BCUT2D eigenvalue weighted by Gasteiger charge is -2.12. The van der Waals surface area contributed by atoms with E-state index < -0.39 is 0 Å². The molecule has 0 atom stereocenters. The van der Waals surface area contributed by atoms with Crippen LogP contribution in [-0.2, 0) is 0 Å². The lowest BCUT2D eigenvalue weighted by Crippen LogP contribution is -2.36. The number of hydrazine groups is 1. The molecule has 0 aliphatic carbocycles. The van der Waals surface area contributed by atoms with Crippen LogP contribution in [0.5, 0.6) is 5.75 Å². The maximum absolute atomic E-state index is 11.5. The molecule has 0 aliphatic heterocycles. The number of phenolic OH excluding ortho intramolecular Hbond substituents is 1. The van der Waals surface area contributed by atoms with Gasteiger partial charge in [-0.2, -0.15) is 0 Å². The number of benzene rings is 1. The van der Waals surface area contributed by atoms with E-state index in [1.807, 2.05) is 0 Å². The van der Waals surface area contributed by atoms with Gasteiger partial charge in [-0.1, -0.05) is 15.9 Å². The van der Waals surface area contributed by atoms with Crippen molar-refractivity contribution in [2.24, 2.45) is 0 Å². The smallest absolute Gasteiger partial charge is 0.269 e. The maximum atomic E-state index is 11.5. The number of rotatable bonds is 2. The van der Waals surface area contributed by atoms with Crippen molar-refractivity contribution in [3.63, 3.8) is 0 Å². The van der Waals surface area contributed by atoms with E-state index >= 15 is 0 Å². The van der Waals surface area contributed by atoms with Crippen LogP contribution in [0.25, 0.3) is 0 Å². The quantitative estimate of drug-likeness (QED) is 0.788. The zero-order chi connectivity index (χ0) is 10.7. The summed E-state index contributed by atoms with van der Waals surface area (Å²) in [4.78, 5) is 11.5. The first-order chi connectivity index (χ1) is 6.50. The van der Waals surface area contributed by atoms with Gasteiger partial charge in [0.25, 0.3) is 5.91 Å². The molecule has 2 N–H and O–H groups in total. The topological polar surface area (TPSA) is 52.6 Å². The summed E-state index contributed by atoms with van der Waals surface area (Å²) >= 11 is 3.23. The van der Waals surface area contributed by atoms with E-state index in [0.29, 0.717) is 0 Å². The Kier molecular flexibility index (Phi) is 3.49. The Balaban J connectivity index is 2.94. The van der Waals surface area contributed by atoms with E-state index in [1.54, 1.807) is 26.2 Å². The van der Waals surface area contributed by atoms with E-state index in [9.17, 15) is 9.90 Å². The van der Waals surface area contributed by atoms with E-state index in [0.717, 1.165) is 4.47 Å². The van der Waals surface area contributed by atoms with Crippen molar-refractivity contribution in [3.8, 4) is 5.75 Å². The number of aromatic hydroxyl groups is 1. The van der Waals surface area contributed by atoms with Crippen molar-refractivity contribution < 1.29 is 9.90 Å². The predicted molar refractivity (Wildman–Crippen MR) is 57.0 cm³/mol. The van der Waals surface area contributed by atoms with Crippen molar-refractivity contribution in [1.29, 1.82) is 0 Å². The number of halogens is 1. The molecule has 0 aliphatic rings. The summed E-state index contributed by atoms with van der Waals surface area (Å²) in [5.74, 6) is -0.374. The van der Waals surface area contributed by atoms with Crippen LogP contribution in [0.4, 0.5) is 0 Å². The highest BCUT2D eigenvalue weighted by atomic mass is 79.9. The van der Waals surface area contributed by atoms with Gasteiger partial charge in [0.1, 0.15) is 5.75 Å². The van der Waals surface area contributed by atoms with Gasteiger partial charge in [-0.15, -0.1) is 0 Å². The third-order valence-corrected chi connectivity index (χ3v) is 2.02. The Morgan fingerprint density at radius 2 is 2.14 bits per heavy atom. The van der Waals surface area contributed by atoms with Crippen LogP contribution in [0, 0.1) is 0 Å². The average molecular weight is 259 g/mol. The molecule has 0 bridgehead atoms. The second-order valence-electron chi connectivity index (χ2n) is 3.00. The van der Waals surface area contributed by atoms with Gasteiger partial charge in [-0.05, 0) is 18.2 Å². The highest BCUT2D eigenvalue weighted by Gasteiger charge is 2.11. The minimum Gasteiger partial charge on any atom is -0.507 e. The zero-order valence-corrected chi connectivity index (χ0v) is 9.50. The Morgan fingerprint density at radius 1 is 1.50 bits per heavy atom. The Bertz CT molecular complexity index is 353. The van der Waals surface area contributed by atoms with Gasteiger partial charge in [0.15, 0.2) is 0 Å². The molecule has 0 unspecified atom stereocenters. The van der Waals surface area contributed by atoms with Gasteiger partial charge in [-0.25, -0.2) is 5.01 Å². The van der Waals surface area contributed by atoms with Gasteiger partial charge in [0.2, 0.25) is 0 Å². The summed E-state index contributed by atoms with van der Waals surface area (Å²) in [5.41, 5.74) is 2.78. The summed E-state index contributed by atoms with van der Waals surface area (Å²) in [6.07, 6.45) is 0. The van der Waals surface area contributed by atoms with Crippen molar-refractivity contribution in [2.75, 3.05) is 14.1 Å². The van der Waals surface area contributed by atoms with Crippen LogP contribution < -0.4 is 5.43 Å². The molecule has 1 rings (SSSR count). The van der Waals surface area contributed by atoms with Gasteiger partial charge in [0.05, 0.1) is 5.56 Å². The zero-order valence-electron chi connectivity index (χ0n) is 7.91. The van der Waals surface area contributed by atoms with Gasteiger partial charge in [-0.3, -0.25) is 10.2 Å². The average Bonchev–Trinajstić information content (AvgIpc) is 2.08. The fraction of sp³-hybridized carbons (Fsp3) is 0.222. The third-order valence-electron chi connectivity index (χ3n) is 1.53. The molecule has 14 heavy (non-hydrogen) atoms. The predicted octanol–water partition coefficient (Wildman–Crippen LogP) is 1.36. The highest BCUT2D eigenvalue weighted by molar-refractivity contribution is 9.10. The third kappa shape index (κ3) is 2.71. The van der Waals surface area contributed by atoms with Crippen molar-refractivity contribution in [1.82, 2.24) is 10.4 Å². The van der Waals surface area contributed by atoms with Crippen LogP contribution in [-0.4, -0.2) is 30.1 Å². The number of hydrogen-bond acceptors (Lipinski definition) is 3. The number of nitrogens with one attached hydrogen (secondary N) is 1. The molecular formula is C9H11BrN2O2. The van der Waals surface area contributed by atoms with E-state index in [1.165, 1.54) is 11.1 Å². The lowest BCUT2D eigenvalue weighted by atomic mass is 10.2. The molecular weight excluding hydrogens is 248 g/mol. The van der Waals surface area contributed by atoms with Crippen LogP contribution in [0.2, 0.25) is 0 Å². The van der Waals surface area contributed by atoms with Crippen molar-refractivity contribution in [3.05, 3.63) is 28.2 Å². The monoisotopic (exact) mass is 258 g/mol. The largest absolute Gasteiger partial charge is 0.507 e. The van der Waals surface area contributed by atoms with Crippen LogP contribution in [0.1, 0.15) is 10.4 Å². The number of hydrogen-bond donors (Lipinski definition) is 2. The van der Waals surface area contributed by atoms with Gasteiger partial charge in [0, 0.05) is 18.6 Å². The second-order valence-corrected chi connectivity index (χ2v) is 3.91. The molecule has 0 aromatic heterocycles. The minimum absolute atomic E-state index is 0.0347. The minimum atomic E-state index is -0.339. The van der Waals surface area contributed by atoms with Crippen LogP contribution in [0.15, 0.2) is 22.7 Å². The SMILES string of the molecule is CN(C)NC(=O)c1cc(Br)ccc1O. The molecule has 76 valence electrons. The van der Waals surface area contributed by atoms with E-state index in [2.05, 4.69) is 21.4 Å². The summed E-state index contributed by atoms with van der Waals surface area (Å²) in [6.45, 7) is 0. The Hall–Kier alpha value is -1.07. The summed E-state index contributed by atoms with van der Waals surface area (Å²) < 4.78 is 0.749. The first-order valence-electron chi connectivity index (χ1n) is 3.97. The molecule has 1 amide bonds. The number of nitrogens with zero attached hydrogens (tertiary/aromatic N) is 1. The molecule has 1 aromatic rings. The summed E-state index contributed by atoms with van der Waals surface area (Å²) in [7, 11) is 3.40. The lowest BCUT2D eigenvalue weighted by molar-refractivity contribution is 0.0854. The van der Waals surface area contributed by atoms with E-state index in [-0.39, 0.29) is 17.2 Å². The summed E-state index contributed by atoms with van der Waals surface area (Å²) in [5, 5.41) is 10.9. The van der Waals surface area contributed by atoms with Gasteiger partial charge < -0.3 is 5.11 Å². The molecule has 5 heteroatoms. The van der Waals surface area contributed by atoms with Crippen molar-refractivity contribution in [2.45, 2.75) is 0 Å². The van der Waals surface area contributed by atoms with Crippen LogP contribution >= 0.6 is 15.9 Å². The molecule has 0 heterocycles. The van der Waals surface area contributed by atoms with Crippen molar-refractivity contribution >= 4 is 21.8 Å². The van der Waals surface area contributed by atoms with E-state index in [4.69, 9.17) is 0 Å². The molecule has 0 fully saturated rings. The highest BCUT2D eigenvalue weighted by Crippen LogP contribution is 2.21. The maximum Gasteiger partial charge on any atom is 0.269 e. The number of carbonyl (C=O) groups excluding carboxylic acids is 1. The normalized spacial score (nSPS) is 10.3. The fourth-order valence-electron chi connectivity index (χ4n) is 0.953. The number of amides is 1. The van der Waals surface area contributed by atoms with Gasteiger partial charge >= 0.3 is 0 Å².